The number of carbonyl (C=O) groups is 1. The van der Waals surface area contributed by atoms with Crippen LogP contribution in [0.2, 0.25) is 0 Å². The van der Waals surface area contributed by atoms with Gasteiger partial charge < -0.3 is 4.90 Å². The Kier molecular flexibility index (Phi) is 5.40. The molecule has 2 saturated carbocycles. The number of urea groups is 1. The average Bonchev–Trinajstić information content (AvgIpc) is 3.04. The molecule has 3 aliphatic rings. The predicted molar refractivity (Wildman–Crippen MR) is 122 cm³/mol. The molecule has 2 amide bonds. The summed E-state index contributed by atoms with van der Waals surface area (Å²) in [6.45, 7) is 1.37. The molecule has 2 aromatic rings. The Balaban J connectivity index is 1.44. The number of benzene rings is 1. The van der Waals surface area contributed by atoms with E-state index in [0.717, 1.165) is 44.6 Å². The monoisotopic (exact) mass is 437 g/mol. The lowest BCUT2D eigenvalue weighted by Crippen LogP contribution is -2.56. The summed E-state index contributed by atoms with van der Waals surface area (Å²) >= 11 is 0. The summed E-state index contributed by atoms with van der Waals surface area (Å²) in [4.78, 5) is 28.0. The smallest absolute Gasteiger partial charge is 0.317 e. The van der Waals surface area contributed by atoms with Crippen LogP contribution in [0.3, 0.4) is 0 Å². The third kappa shape index (κ3) is 3.47. The maximum Gasteiger partial charge on any atom is 0.327 e. The van der Waals surface area contributed by atoms with Crippen LogP contribution in [0.4, 0.5) is 15.1 Å². The van der Waals surface area contributed by atoms with Crippen molar-refractivity contribution in [3.05, 3.63) is 54.1 Å². The van der Waals surface area contributed by atoms with Gasteiger partial charge in [-0.05, 0) is 64.1 Å². The minimum Gasteiger partial charge on any atom is -0.317 e. The maximum absolute atomic E-state index is 13.6. The highest BCUT2D eigenvalue weighted by atomic mass is 19.1. The van der Waals surface area contributed by atoms with Gasteiger partial charge in [0, 0.05) is 12.1 Å². The molecule has 1 aliphatic heterocycles. The maximum atomic E-state index is 13.6. The van der Waals surface area contributed by atoms with E-state index in [0.29, 0.717) is 18.4 Å². The summed E-state index contributed by atoms with van der Waals surface area (Å²) in [5.41, 5.74) is 1.09. The topological polar surface area (TPSA) is 52.6 Å². The van der Waals surface area contributed by atoms with E-state index in [1.165, 1.54) is 24.8 Å². The fourth-order valence-corrected chi connectivity index (χ4v) is 5.90. The van der Waals surface area contributed by atoms with Crippen LogP contribution in [0, 0.1) is 11.7 Å². The lowest BCUT2D eigenvalue weighted by Gasteiger charge is -2.51. The van der Waals surface area contributed by atoms with Crippen molar-refractivity contribution >= 4 is 12.0 Å². The standard InChI is InChI=1S/C25H32FN5O/c1-29(2)25(20-9-4-3-5-10-20)13-11-24(12-14-25)18-30(22-27-15-21(26)16-28-22)23(32)31(24)17-19-7-6-8-19/h3-5,9-10,15-16,19H,6-8,11-14,17-18H2,1-2H3/t24-,25-. The molecule has 0 unspecified atom stereocenters. The van der Waals surface area contributed by atoms with E-state index in [1.54, 1.807) is 4.90 Å². The lowest BCUT2D eigenvalue weighted by molar-refractivity contribution is 0.0172. The van der Waals surface area contributed by atoms with E-state index in [2.05, 4.69) is 64.2 Å². The number of amides is 2. The second-order valence-electron chi connectivity index (χ2n) is 9.99. The second kappa shape index (κ2) is 8.10. The first-order valence-electron chi connectivity index (χ1n) is 11.7. The molecule has 1 spiro atoms. The summed E-state index contributed by atoms with van der Waals surface area (Å²) in [5.74, 6) is 0.400. The Bertz CT molecular complexity index is 952. The van der Waals surface area contributed by atoms with Gasteiger partial charge in [-0.2, -0.15) is 0 Å². The fraction of sp³-hybridized carbons (Fsp3) is 0.560. The van der Waals surface area contributed by atoms with Crippen molar-refractivity contribution in [3.8, 4) is 0 Å². The van der Waals surface area contributed by atoms with Gasteiger partial charge in [0.25, 0.3) is 0 Å². The van der Waals surface area contributed by atoms with Crippen LogP contribution in [-0.4, -0.2) is 58.5 Å². The Hall–Kier alpha value is -2.54. The highest BCUT2D eigenvalue weighted by Crippen LogP contribution is 2.49. The van der Waals surface area contributed by atoms with Gasteiger partial charge in [0.05, 0.1) is 24.5 Å². The molecule has 0 bridgehead atoms. The van der Waals surface area contributed by atoms with E-state index >= 15 is 0 Å². The molecular weight excluding hydrogens is 405 g/mol. The largest absolute Gasteiger partial charge is 0.327 e. The summed E-state index contributed by atoms with van der Waals surface area (Å²) < 4.78 is 13.4. The van der Waals surface area contributed by atoms with E-state index < -0.39 is 5.82 Å². The van der Waals surface area contributed by atoms with Crippen LogP contribution < -0.4 is 4.90 Å². The average molecular weight is 438 g/mol. The Labute approximate surface area is 189 Å². The molecule has 0 atom stereocenters. The van der Waals surface area contributed by atoms with Crippen molar-refractivity contribution in [3.63, 3.8) is 0 Å². The summed E-state index contributed by atoms with van der Waals surface area (Å²) in [5, 5.41) is 0. The first-order chi connectivity index (χ1) is 15.4. The third-order valence-corrected chi connectivity index (χ3v) is 8.18. The summed E-state index contributed by atoms with van der Waals surface area (Å²) in [7, 11) is 4.32. The van der Waals surface area contributed by atoms with Crippen molar-refractivity contribution in [2.45, 2.75) is 56.0 Å². The van der Waals surface area contributed by atoms with Gasteiger partial charge in [0.2, 0.25) is 5.95 Å². The molecule has 170 valence electrons. The molecule has 6 nitrogen and oxygen atoms in total. The molecule has 0 N–H and O–H groups in total. The number of halogens is 1. The van der Waals surface area contributed by atoms with Crippen molar-refractivity contribution in [2.24, 2.45) is 5.92 Å². The Morgan fingerprint density at radius 3 is 2.28 bits per heavy atom. The molecule has 3 fully saturated rings. The number of hydrogen-bond acceptors (Lipinski definition) is 4. The van der Waals surface area contributed by atoms with Crippen LogP contribution >= 0.6 is 0 Å². The number of aromatic nitrogens is 2. The Morgan fingerprint density at radius 1 is 1.06 bits per heavy atom. The van der Waals surface area contributed by atoms with Crippen LogP contribution in [0.25, 0.3) is 0 Å². The Morgan fingerprint density at radius 2 is 1.72 bits per heavy atom. The number of carbonyl (C=O) groups excluding carboxylic acids is 1. The van der Waals surface area contributed by atoms with Gasteiger partial charge >= 0.3 is 6.03 Å². The SMILES string of the molecule is CN(C)[C@]1(c2ccccc2)CC[C@@]2(CC1)CN(c1ncc(F)cn1)C(=O)N2CC1CCC1. The van der Waals surface area contributed by atoms with Gasteiger partial charge in [-0.15, -0.1) is 0 Å². The minimum atomic E-state index is -0.488. The summed E-state index contributed by atoms with van der Waals surface area (Å²) in [6, 6.07) is 10.7. The molecule has 5 rings (SSSR count). The van der Waals surface area contributed by atoms with Gasteiger partial charge in [0.1, 0.15) is 0 Å². The van der Waals surface area contributed by atoms with Crippen LogP contribution in [-0.2, 0) is 5.54 Å². The number of rotatable bonds is 5. The highest BCUT2D eigenvalue weighted by molar-refractivity contribution is 5.93. The second-order valence-corrected chi connectivity index (χ2v) is 9.99. The predicted octanol–water partition coefficient (Wildman–Crippen LogP) is 4.43. The van der Waals surface area contributed by atoms with E-state index in [9.17, 15) is 9.18 Å². The molecule has 1 aromatic carbocycles. The molecule has 2 heterocycles. The zero-order chi connectivity index (χ0) is 22.3. The minimum absolute atomic E-state index is 0.0272. The van der Waals surface area contributed by atoms with Gasteiger partial charge in [-0.3, -0.25) is 9.80 Å². The lowest BCUT2D eigenvalue weighted by atomic mass is 9.68. The normalized spacial score (nSPS) is 28.6. The van der Waals surface area contributed by atoms with Crippen LogP contribution in [0.5, 0.6) is 0 Å². The number of anilines is 1. The molecule has 0 radical (unpaired) electrons. The van der Waals surface area contributed by atoms with Crippen molar-refractivity contribution in [1.82, 2.24) is 19.8 Å². The zero-order valence-corrected chi connectivity index (χ0v) is 19.0. The first kappa shape index (κ1) is 21.3. The van der Waals surface area contributed by atoms with Crippen LogP contribution in [0.15, 0.2) is 42.7 Å². The zero-order valence-electron chi connectivity index (χ0n) is 19.0. The van der Waals surface area contributed by atoms with E-state index in [-0.39, 0.29) is 17.1 Å². The van der Waals surface area contributed by atoms with Crippen molar-refractivity contribution in [1.29, 1.82) is 0 Å². The van der Waals surface area contributed by atoms with Gasteiger partial charge in [0.15, 0.2) is 5.82 Å². The van der Waals surface area contributed by atoms with Gasteiger partial charge in [-0.1, -0.05) is 36.8 Å². The molecule has 2 aliphatic carbocycles. The molecule has 1 saturated heterocycles. The van der Waals surface area contributed by atoms with E-state index in [4.69, 9.17) is 0 Å². The molecule has 32 heavy (non-hydrogen) atoms. The van der Waals surface area contributed by atoms with Crippen molar-refractivity contribution in [2.75, 3.05) is 32.1 Å². The first-order valence-corrected chi connectivity index (χ1v) is 11.7. The number of hydrogen-bond donors (Lipinski definition) is 0. The van der Waals surface area contributed by atoms with Crippen LogP contribution in [0.1, 0.15) is 50.5 Å². The fourth-order valence-electron chi connectivity index (χ4n) is 5.90. The quantitative estimate of drug-likeness (QED) is 0.695. The molecule has 7 heteroatoms. The highest BCUT2D eigenvalue weighted by Gasteiger charge is 2.55. The van der Waals surface area contributed by atoms with Crippen molar-refractivity contribution < 1.29 is 9.18 Å². The molecule has 1 aromatic heterocycles. The number of nitrogens with zero attached hydrogens (tertiary/aromatic N) is 5. The third-order valence-electron chi connectivity index (χ3n) is 8.18. The van der Waals surface area contributed by atoms with E-state index in [1.807, 2.05) is 0 Å². The molecular formula is C25H32FN5O. The summed E-state index contributed by atoms with van der Waals surface area (Å²) in [6.07, 6.45) is 9.74. The van der Waals surface area contributed by atoms with Gasteiger partial charge in [-0.25, -0.2) is 19.2 Å².